The zero-order chi connectivity index (χ0) is 29.0. The van der Waals surface area contributed by atoms with E-state index in [-0.39, 0.29) is 29.6 Å². The Morgan fingerprint density at radius 3 is 2.67 bits per heavy atom. The van der Waals surface area contributed by atoms with Crippen LogP contribution < -0.4 is 15.5 Å². The molecule has 1 aromatic carbocycles. The van der Waals surface area contributed by atoms with Crippen molar-refractivity contribution in [2.75, 3.05) is 29.6 Å². The molecular weight excluding hydrogens is 513 g/mol. The molecule has 210 valence electrons. The van der Waals surface area contributed by atoms with E-state index in [0.29, 0.717) is 18.7 Å². The van der Waals surface area contributed by atoms with E-state index in [1.807, 2.05) is 71.1 Å². The van der Waals surface area contributed by atoms with Gasteiger partial charge in [-0.2, -0.15) is 15.5 Å². The molecule has 1 atom stereocenters. The van der Waals surface area contributed by atoms with Crippen LogP contribution >= 0.6 is 0 Å². The zero-order valence-electron chi connectivity index (χ0n) is 23.6. The van der Waals surface area contributed by atoms with E-state index < -0.39 is 17.5 Å². The van der Waals surface area contributed by atoms with Gasteiger partial charge in [-0.3, -0.25) is 14.2 Å². The van der Waals surface area contributed by atoms with Crippen molar-refractivity contribution >= 4 is 40.0 Å². The largest absolute Gasteiger partial charge is 0.460 e. The second kappa shape index (κ2) is 11.6. The second-order valence-corrected chi connectivity index (χ2v) is 10.7. The minimum absolute atomic E-state index is 0.0423. The van der Waals surface area contributed by atoms with Crippen molar-refractivity contribution in [1.29, 1.82) is 5.26 Å². The fourth-order valence-electron chi connectivity index (χ4n) is 4.28. The predicted molar refractivity (Wildman–Crippen MR) is 152 cm³/mol. The first-order valence-electron chi connectivity index (χ1n) is 12.9. The number of nitriles is 1. The molecule has 0 aliphatic rings. The van der Waals surface area contributed by atoms with Crippen LogP contribution in [-0.2, 0) is 23.1 Å². The molecule has 11 nitrogen and oxygen atoms in total. The highest BCUT2D eigenvalue weighted by Crippen LogP contribution is 2.30. The van der Waals surface area contributed by atoms with Gasteiger partial charge in [0.25, 0.3) is 0 Å². The van der Waals surface area contributed by atoms with E-state index in [1.165, 1.54) is 0 Å². The highest BCUT2D eigenvalue weighted by molar-refractivity contribution is 5.93. The fourth-order valence-corrected chi connectivity index (χ4v) is 4.28. The molecule has 4 rings (SSSR count). The lowest BCUT2D eigenvalue weighted by molar-refractivity contribution is -0.155. The molecule has 0 spiro atoms. The number of rotatable bonds is 10. The number of esters is 1. The summed E-state index contributed by atoms with van der Waals surface area (Å²) in [5.41, 5.74) is 1.06. The first-order chi connectivity index (χ1) is 18.9. The SMILES string of the molecule is CN(C)c1nn(C)c2ccc(Nc3nc(N[C@@H](CCC(=O)OC(C)(C)C)Cn4cccn4)c(F)cc3C#N)cc12. The summed E-state index contributed by atoms with van der Waals surface area (Å²) in [6.07, 6.45) is 3.91. The molecule has 3 heterocycles. The van der Waals surface area contributed by atoms with Crippen LogP contribution in [0.5, 0.6) is 0 Å². The van der Waals surface area contributed by atoms with Crippen molar-refractivity contribution < 1.29 is 13.9 Å². The Morgan fingerprint density at radius 1 is 1.25 bits per heavy atom. The summed E-state index contributed by atoms with van der Waals surface area (Å²) < 4.78 is 24.1. The second-order valence-electron chi connectivity index (χ2n) is 10.7. The first kappa shape index (κ1) is 28.4. The van der Waals surface area contributed by atoms with Crippen molar-refractivity contribution in [2.24, 2.45) is 7.05 Å². The van der Waals surface area contributed by atoms with Crippen molar-refractivity contribution in [3.8, 4) is 6.07 Å². The topological polar surface area (TPSA) is 126 Å². The lowest BCUT2D eigenvalue weighted by atomic mass is 10.1. The Hall–Kier alpha value is -4.66. The molecular formula is C28H34FN9O2. The predicted octanol–water partition coefficient (Wildman–Crippen LogP) is 4.59. The van der Waals surface area contributed by atoms with Gasteiger partial charge in [0, 0.05) is 57.1 Å². The molecule has 0 amide bonds. The number of aryl methyl sites for hydroxylation is 1. The van der Waals surface area contributed by atoms with E-state index >= 15 is 4.39 Å². The Labute approximate surface area is 232 Å². The molecule has 40 heavy (non-hydrogen) atoms. The third-order valence-electron chi connectivity index (χ3n) is 6.04. The van der Waals surface area contributed by atoms with Crippen LogP contribution in [0.4, 0.5) is 27.5 Å². The molecule has 0 aliphatic heterocycles. The average Bonchev–Trinajstić information content (AvgIpc) is 3.50. The van der Waals surface area contributed by atoms with Crippen LogP contribution in [0, 0.1) is 17.1 Å². The van der Waals surface area contributed by atoms with Crippen molar-refractivity contribution in [3.63, 3.8) is 0 Å². The van der Waals surface area contributed by atoms with E-state index in [4.69, 9.17) is 4.74 Å². The number of hydrogen-bond donors (Lipinski definition) is 2. The maximum absolute atomic E-state index is 15.1. The number of ether oxygens (including phenoxy) is 1. The van der Waals surface area contributed by atoms with Gasteiger partial charge in [0.05, 0.1) is 17.6 Å². The zero-order valence-corrected chi connectivity index (χ0v) is 23.6. The molecule has 0 saturated heterocycles. The van der Waals surface area contributed by atoms with Gasteiger partial charge in [0.2, 0.25) is 0 Å². The molecule has 2 N–H and O–H groups in total. The van der Waals surface area contributed by atoms with Crippen LogP contribution in [0.2, 0.25) is 0 Å². The van der Waals surface area contributed by atoms with E-state index in [9.17, 15) is 10.1 Å². The van der Waals surface area contributed by atoms with E-state index in [2.05, 4.69) is 25.8 Å². The number of nitrogens with zero attached hydrogens (tertiary/aromatic N) is 7. The molecule has 0 radical (unpaired) electrons. The van der Waals surface area contributed by atoms with Gasteiger partial charge in [-0.15, -0.1) is 0 Å². The molecule has 0 bridgehead atoms. The number of benzene rings is 1. The number of carbonyl (C=O) groups excluding carboxylic acids is 1. The number of halogens is 1. The third-order valence-corrected chi connectivity index (χ3v) is 6.04. The summed E-state index contributed by atoms with van der Waals surface area (Å²) in [7, 11) is 5.70. The molecule has 0 fully saturated rings. The van der Waals surface area contributed by atoms with Gasteiger partial charge in [-0.1, -0.05) is 0 Å². The summed E-state index contributed by atoms with van der Waals surface area (Å²) in [6, 6.07) is 10.2. The standard InChI is InChI=1S/C28H34FN9O2/c1-28(2,3)40-24(39)11-9-20(17-38-13-7-12-31-38)33-26-22(29)14-18(16-30)25(34-26)32-19-8-10-23-21(15-19)27(36(4)5)35-37(23)6/h7-8,10,12-15,20H,9,11,17H2,1-6H3,(H2,32,33,34)/t20-/m0/s1. The van der Waals surface area contributed by atoms with Gasteiger partial charge in [-0.25, -0.2) is 9.37 Å². The normalized spacial score (nSPS) is 12.2. The Kier molecular flexibility index (Phi) is 8.23. The first-order valence-corrected chi connectivity index (χ1v) is 12.9. The maximum atomic E-state index is 15.1. The number of carbonyl (C=O) groups is 1. The maximum Gasteiger partial charge on any atom is 0.306 e. The van der Waals surface area contributed by atoms with Crippen LogP contribution in [-0.4, -0.2) is 56.3 Å². The van der Waals surface area contributed by atoms with Crippen molar-refractivity contribution in [2.45, 2.75) is 51.8 Å². The van der Waals surface area contributed by atoms with Crippen LogP contribution in [0.25, 0.3) is 10.9 Å². The number of anilines is 4. The molecule has 0 saturated carbocycles. The quantitative estimate of drug-likeness (QED) is 0.274. The summed E-state index contributed by atoms with van der Waals surface area (Å²) in [4.78, 5) is 18.7. The van der Waals surface area contributed by atoms with Crippen molar-refractivity contribution in [1.82, 2.24) is 24.5 Å². The number of nitrogens with one attached hydrogen (secondary N) is 2. The van der Waals surface area contributed by atoms with Gasteiger partial charge in [0.15, 0.2) is 23.3 Å². The third kappa shape index (κ3) is 6.85. The minimum atomic E-state index is -0.678. The van der Waals surface area contributed by atoms with Crippen LogP contribution in [0.15, 0.2) is 42.7 Å². The lowest BCUT2D eigenvalue weighted by Crippen LogP contribution is -2.29. The van der Waals surface area contributed by atoms with Crippen molar-refractivity contribution in [3.05, 3.63) is 54.1 Å². The lowest BCUT2D eigenvalue weighted by Gasteiger charge is -2.22. The van der Waals surface area contributed by atoms with Gasteiger partial charge in [0.1, 0.15) is 11.7 Å². The van der Waals surface area contributed by atoms with Gasteiger partial charge >= 0.3 is 5.97 Å². The van der Waals surface area contributed by atoms with Crippen LogP contribution in [0.3, 0.4) is 0 Å². The smallest absolute Gasteiger partial charge is 0.306 e. The minimum Gasteiger partial charge on any atom is -0.460 e. The molecule has 12 heteroatoms. The average molecular weight is 548 g/mol. The highest BCUT2D eigenvalue weighted by atomic mass is 19.1. The Bertz CT molecular complexity index is 1530. The molecule has 0 unspecified atom stereocenters. The summed E-state index contributed by atoms with van der Waals surface area (Å²) in [5.74, 6) is -0.0754. The van der Waals surface area contributed by atoms with Crippen LogP contribution in [0.1, 0.15) is 39.2 Å². The Morgan fingerprint density at radius 2 is 2.02 bits per heavy atom. The number of fused-ring (bicyclic) bond motifs is 1. The monoisotopic (exact) mass is 547 g/mol. The highest BCUT2D eigenvalue weighted by Gasteiger charge is 2.21. The van der Waals surface area contributed by atoms with Gasteiger partial charge in [-0.05, 0) is 57.5 Å². The fraction of sp³-hybridized carbons (Fsp3) is 0.393. The number of hydrogen-bond acceptors (Lipinski definition) is 9. The summed E-state index contributed by atoms with van der Waals surface area (Å²) in [6.45, 7) is 5.79. The molecule has 0 aliphatic carbocycles. The summed E-state index contributed by atoms with van der Waals surface area (Å²) >= 11 is 0. The summed E-state index contributed by atoms with van der Waals surface area (Å²) in [5, 5.41) is 25.7. The van der Waals surface area contributed by atoms with E-state index in [1.54, 1.807) is 27.8 Å². The number of aromatic nitrogens is 5. The molecule has 4 aromatic rings. The van der Waals surface area contributed by atoms with E-state index in [0.717, 1.165) is 22.8 Å². The molecule has 3 aromatic heterocycles. The Balaban J connectivity index is 1.60. The van der Waals surface area contributed by atoms with Gasteiger partial charge < -0.3 is 20.3 Å². The number of pyridine rings is 1.